The lowest BCUT2D eigenvalue weighted by Gasteiger charge is -2.14. The summed E-state index contributed by atoms with van der Waals surface area (Å²) < 4.78 is 0. The molecule has 0 fully saturated rings. The van der Waals surface area contributed by atoms with E-state index in [1.165, 1.54) is 17.4 Å². The minimum absolute atomic E-state index is 0.0244. The van der Waals surface area contributed by atoms with Gasteiger partial charge in [-0.05, 0) is 11.6 Å². The van der Waals surface area contributed by atoms with E-state index in [1.54, 1.807) is 36.5 Å². The Labute approximate surface area is 145 Å². The number of thiazole rings is 1. The third-order valence-corrected chi connectivity index (χ3v) is 4.66. The molecule has 0 saturated carbocycles. The summed E-state index contributed by atoms with van der Waals surface area (Å²) in [5, 5.41) is 3.63. The van der Waals surface area contributed by atoms with Crippen LogP contribution in [-0.4, -0.2) is 16.8 Å². The number of carbonyl (C=O) groups excluding carboxylic acids is 2. The number of amides is 2. The maximum atomic E-state index is 12.1. The minimum atomic E-state index is -0.852. The normalized spacial score (nSPS) is 13.0. The quantitative estimate of drug-likeness (QED) is 0.819. The van der Waals surface area contributed by atoms with Crippen LogP contribution in [0.2, 0.25) is 0 Å². The Bertz CT molecular complexity index is 745. The zero-order chi connectivity index (χ0) is 17.7. The molecule has 126 valence electrons. The third kappa shape index (κ3) is 4.76. The summed E-state index contributed by atoms with van der Waals surface area (Å²) in [6.45, 7) is 6.26. The lowest BCUT2D eigenvalue weighted by atomic mass is 9.98. The minimum Gasteiger partial charge on any atom is -0.368 e. The second kappa shape index (κ2) is 7.40. The van der Waals surface area contributed by atoms with Crippen molar-refractivity contribution in [2.45, 2.75) is 32.2 Å². The SMILES string of the molecule is CC(C)(C)c1ncc(/C=C/C(=O)NC(C(N)=O)c2ccccc2)s1. The van der Waals surface area contributed by atoms with Gasteiger partial charge in [0, 0.05) is 22.6 Å². The van der Waals surface area contributed by atoms with Gasteiger partial charge >= 0.3 is 0 Å². The highest BCUT2D eigenvalue weighted by atomic mass is 32.1. The molecule has 2 aromatic rings. The molecule has 1 heterocycles. The van der Waals surface area contributed by atoms with Crippen LogP contribution in [-0.2, 0) is 15.0 Å². The van der Waals surface area contributed by atoms with Gasteiger partial charge in [0.25, 0.3) is 0 Å². The molecular formula is C18H21N3O2S. The van der Waals surface area contributed by atoms with Crippen molar-refractivity contribution in [3.63, 3.8) is 0 Å². The maximum absolute atomic E-state index is 12.1. The highest BCUT2D eigenvalue weighted by Crippen LogP contribution is 2.27. The highest BCUT2D eigenvalue weighted by Gasteiger charge is 2.19. The van der Waals surface area contributed by atoms with Crippen molar-refractivity contribution in [1.82, 2.24) is 10.3 Å². The number of nitrogens with two attached hydrogens (primary N) is 1. The van der Waals surface area contributed by atoms with Crippen LogP contribution >= 0.6 is 11.3 Å². The average Bonchev–Trinajstić information content (AvgIpc) is 3.00. The van der Waals surface area contributed by atoms with Crippen LogP contribution in [0.1, 0.15) is 42.3 Å². The number of rotatable bonds is 5. The molecule has 0 aliphatic rings. The van der Waals surface area contributed by atoms with E-state index in [0.717, 1.165) is 9.88 Å². The van der Waals surface area contributed by atoms with E-state index in [9.17, 15) is 9.59 Å². The molecule has 2 amide bonds. The molecular weight excluding hydrogens is 322 g/mol. The van der Waals surface area contributed by atoms with E-state index in [0.29, 0.717) is 5.56 Å². The molecule has 6 heteroatoms. The predicted molar refractivity (Wildman–Crippen MR) is 96.4 cm³/mol. The molecule has 0 saturated heterocycles. The lowest BCUT2D eigenvalue weighted by molar-refractivity contribution is -0.125. The number of hydrogen-bond acceptors (Lipinski definition) is 4. The fourth-order valence-electron chi connectivity index (χ4n) is 2.02. The smallest absolute Gasteiger partial charge is 0.244 e. The maximum Gasteiger partial charge on any atom is 0.244 e. The van der Waals surface area contributed by atoms with Gasteiger partial charge < -0.3 is 11.1 Å². The molecule has 0 aliphatic heterocycles. The summed E-state index contributed by atoms with van der Waals surface area (Å²) >= 11 is 1.53. The Balaban J connectivity index is 2.06. The van der Waals surface area contributed by atoms with Crippen LogP contribution in [0.3, 0.4) is 0 Å². The number of primary amides is 1. The molecule has 0 bridgehead atoms. The van der Waals surface area contributed by atoms with Crippen LogP contribution in [0.5, 0.6) is 0 Å². The molecule has 24 heavy (non-hydrogen) atoms. The first-order valence-electron chi connectivity index (χ1n) is 7.56. The zero-order valence-corrected chi connectivity index (χ0v) is 14.8. The number of benzene rings is 1. The van der Waals surface area contributed by atoms with E-state index in [-0.39, 0.29) is 11.3 Å². The molecule has 5 nitrogen and oxygen atoms in total. The fraction of sp³-hybridized carbons (Fsp3) is 0.278. The Morgan fingerprint density at radius 3 is 2.46 bits per heavy atom. The van der Waals surface area contributed by atoms with Gasteiger partial charge in [0.1, 0.15) is 6.04 Å². The number of aromatic nitrogens is 1. The first-order chi connectivity index (χ1) is 11.3. The summed E-state index contributed by atoms with van der Waals surface area (Å²) in [4.78, 5) is 28.9. The molecule has 3 N–H and O–H groups in total. The van der Waals surface area contributed by atoms with Crippen LogP contribution in [0.4, 0.5) is 0 Å². The third-order valence-electron chi connectivity index (χ3n) is 3.27. The van der Waals surface area contributed by atoms with Crippen molar-refractivity contribution >= 4 is 29.2 Å². The predicted octanol–water partition coefficient (Wildman–Crippen LogP) is 2.80. The fourth-order valence-corrected chi connectivity index (χ4v) is 2.90. The van der Waals surface area contributed by atoms with Gasteiger partial charge in [-0.25, -0.2) is 4.98 Å². The molecule has 0 aliphatic carbocycles. The largest absolute Gasteiger partial charge is 0.368 e. The molecule has 1 atom stereocenters. The number of nitrogens with one attached hydrogen (secondary N) is 1. The van der Waals surface area contributed by atoms with E-state index in [1.807, 2.05) is 6.07 Å². The van der Waals surface area contributed by atoms with Crippen molar-refractivity contribution in [2.24, 2.45) is 5.73 Å². The topological polar surface area (TPSA) is 85.1 Å². The summed E-state index contributed by atoms with van der Waals surface area (Å²) in [5.74, 6) is -0.982. The first-order valence-corrected chi connectivity index (χ1v) is 8.38. The molecule has 2 rings (SSSR count). The molecule has 1 aromatic heterocycles. The van der Waals surface area contributed by atoms with Crippen LogP contribution in [0.25, 0.3) is 6.08 Å². The number of hydrogen-bond donors (Lipinski definition) is 2. The monoisotopic (exact) mass is 343 g/mol. The van der Waals surface area contributed by atoms with Gasteiger partial charge in [-0.3, -0.25) is 9.59 Å². The summed E-state index contributed by atoms with van der Waals surface area (Å²) in [6.07, 6.45) is 4.81. The first kappa shape index (κ1) is 17.9. The molecule has 0 radical (unpaired) electrons. The van der Waals surface area contributed by atoms with Gasteiger partial charge in [0.05, 0.1) is 5.01 Å². The van der Waals surface area contributed by atoms with Gasteiger partial charge in [0.2, 0.25) is 11.8 Å². The summed E-state index contributed by atoms with van der Waals surface area (Å²) in [5.41, 5.74) is 6.02. The Kier molecular flexibility index (Phi) is 5.51. The second-order valence-corrected chi connectivity index (χ2v) is 7.47. The van der Waals surface area contributed by atoms with Gasteiger partial charge in [-0.15, -0.1) is 11.3 Å². The van der Waals surface area contributed by atoms with Crippen molar-refractivity contribution in [1.29, 1.82) is 0 Å². The average molecular weight is 343 g/mol. The van der Waals surface area contributed by atoms with Crippen molar-refractivity contribution in [3.05, 3.63) is 58.1 Å². The molecule has 1 aromatic carbocycles. The van der Waals surface area contributed by atoms with Crippen LogP contribution in [0, 0.1) is 0 Å². The number of carbonyl (C=O) groups is 2. The van der Waals surface area contributed by atoms with Crippen molar-refractivity contribution in [2.75, 3.05) is 0 Å². The van der Waals surface area contributed by atoms with Gasteiger partial charge in [-0.2, -0.15) is 0 Å². The Morgan fingerprint density at radius 2 is 1.92 bits per heavy atom. The Morgan fingerprint density at radius 1 is 1.25 bits per heavy atom. The second-order valence-electron chi connectivity index (χ2n) is 6.41. The van der Waals surface area contributed by atoms with Crippen LogP contribution < -0.4 is 11.1 Å². The Hall–Kier alpha value is -2.47. The van der Waals surface area contributed by atoms with Crippen LogP contribution in [0.15, 0.2) is 42.6 Å². The van der Waals surface area contributed by atoms with Gasteiger partial charge in [-0.1, -0.05) is 51.1 Å². The van der Waals surface area contributed by atoms with E-state index < -0.39 is 11.9 Å². The highest BCUT2D eigenvalue weighted by molar-refractivity contribution is 7.12. The molecule has 1 unspecified atom stereocenters. The summed E-state index contributed by atoms with van der Waals surface area (Å²) in [6, 6.07) is 8.06. The number of nitrogens with zero attached hydrogens (tertiary/aromatic N) is 1. The molecule has 0 spiro atoms. The zero-order valence-electron chi connectivity index (χ0n) is 13.9. The van der Waals surface area contributed by atoms with E-state index in [2.05, 4.69) is 31.1 Å². The van der Waals surface area contributed by atoms with Crippen molar-refractivity contribution in [3.8, 4) is 0 Å². The van der Waals surface area contributed by atoms with Gasteiger partial charge in [0.15, 0.2) is 0 Å². The standard InChI is InChI=1S/C18H21N3O2S/c1-18(2,3)17-20-11-13(24-17)9-10-14(22)21-15(16(19)23)12-7-5-4-6-8-12/h4-11,15H,1-3H3,(H2,19,23)(H,21,22)/b10-9+. The lowest BCUT2D eigenvalue weighted by Crippen LogP contribution is -2.36. The van der Waals surface area contributed by atoms with Crippen molar-refractivity contribution < 1.29 is 9.59 Å². The summed E-state index contributed by atoms with van der Waals surface area (Å²) in [7, 11) is 0. The van der Waals surface area contributed by atoms with E-state index in [4.69, 9.17) is 5.73 Å². The van der Waals surface area contributed by atoms with E-state index >= 15 is 0 Å².